The highest BCUT2D eigenvalue weighted by atomic mass is 79.9. The number of carbonyl (C=O) groups is 2. The number of Topliss-reactive ketones (excluding diaryl/α,β-unsaturated/α-hetero) is 1. The van der Waals surface area contributed by atoms with Gasteiger partial charge in [0.15, 0.2) is 5.78 Å². The largest absolute Gasteiger partial charge is 0.493 e. The molecule has 0 bridgehead atoms. The third-order valence-electron chi connectivity index (χ3n) is 4.70. The number of ketones is 1. The van der Waals surface area contributed by atoms with Crippen molar-refractivity contribution in [2.75, 3.05) is 26.3 Å². The van der Waals surface area contributed by atoms with E-state index in [-0.39, 0.29) is 36.2 Å². The fourth-order valence-electron chi connectivity index (χ4n) is 3.21. The average Bonchev–Trinajstić information content (AvgIpc) is 2.61. The van der Waals surface area contributed by atoms with Crippen LogP contribution in [-0.2, 0) is 11.2 Å². The molecule has 2 heterocycles. The normalized spacial score (nSPS) is 16.4. The van der Waals surface area contributed by atoms with Crippen LogP contribution in [-0.4, -0.2) is 42.9 Å². The smallest absolute Gasteiger partial charge is 0.256 e. The van der Waals surface area contributed by atoms with E-state index in [1.807, 2.05) is 24.3 Å². The Kier molecular flexibility index (Phi) is 4.86. The molecule has 2 aromatic rings. The zero-order valence-corrected chi connectivity index (χ0v) is 16.0. The molecule has 0 atom stereocenters. The summed E-state index contributed by atoms with van der Waals surface area (Å²) in [7, 11) is 0. The summed E-state index contributed by atoms with van der Waals surface area (Å²) >= 11 is 3.37. The van der Waals surface area contributed by atoms with Crippen molar-refractivity contribution in [3.8, 4) is 11.5 Å². The van der Waals surface area contributed by atoms with Crippen LogP contribution < -0.4 is 9.47 Å². The van der Waals surface area contributed by atoms with E-state index in [0.29, 0.717) is 31.0 Å². The van der Waals surface area contributed by atoms with E-state index in [2.05, 4.69) is 15.9 Å². The van der Waals surface area contributed by atoms with Crippen LogP contribution >= 0.6 is 15.9 Å². The third kappa shape index (κ3) is 3.83. The summed E-state index contributed by atoms with van der Waals surface area (Å²) < 4.78 is 26.2. The van der Waals surface area contributed by atoms with Gasteiger partial charge in [-0.15, -0.1) is 0 Å². The minimum atomic E-state index is -0.623. The predicted octanol–water partition coefficient (Wildman–Crippen LogP) is 3.24. The van der Waals surface area contributed by atoms with Crippen LogP contribution in [0.15, 0.2) is 40.9 Å². The molecule has 0 saturated carbocycles. The Bertz CT molecular complexity index is 894. The maximum absolute atomic E-state index is 14.3. The van der Waals surface area contributed by atoms with Crippen LogP contribution in [0, 0.1) is 11.7 Å². The van der Waals surface area contributed by atoms with Gasteiger partial charge in [0.1, 0.15) is 23.9 Å². The second kappa shape index (κ2) is 7.31. The Labute approximate surface area is 164 Å². The molecule has 0 aliphatic carbocycles. The van der Waals surface area contributed by atoms with Gasteiger partial charge < -0.3 is 14.4 Å². The maximum Gasteiger partial charge on any atom is 0.256 e. The number of likely N-dealkylation sites (tertiary alicyclic amines) is 1. The van der Waals surface area contributed by atoms with Crippen molar-refractivity contribution < 1.29 is 23.5 Å². The molecule has 1 saturated heterocycles. The van der Waals surface area contributed by atoms with Crippen LogP contribution in [0.2, 0.25) is 0 Å². The van der Waals surface area contributed by atoms with E-state index < -0.39 is 5.82 Å². The third-order valence-corrected chi connectivity index (χ3v) is 5.23. The number of nitrogens with zero attached hydrogens (tertiary/aromatic N) is 1. The molecule has 0 radical (unpaired) electrons. The topological polar surface area (TPSA) is 55.8 Å². The maximum atomic E-state index is 14.3. The van der Waals surface area contributed by atoms with Gasteiger partial charge in [-0.2, -0.15) is 0 Å². The summed E-state index contributed by atoms with van der Waals surface area (Å²) in [5.74, 6) is 0.252. The summed E-state index contributed by atoms with van der Waals surface area (Å²) in [5.41, 5.74) is 0.547. The van der Waals surface area contributed by atoms with Gasteiger partial charge in [0, 0.05) is 41.5 Å². The lowest BCUT2D eigenvalue weighted by Gasteiger charge is -2.39. The first-order valence-electron chi connectivity index (χ1n) is 8.64. The summed E-state index contributed by atoms with van der Waals surface area (Å²) in [6, 6.07) is 10.2. The Balaban J connectivity index is 1.35. The van der Waals surface area contributed by atoms with Gasteiger partial charge in [-0.05, 0) is 30.3 Å². The highest BCUT2D eigenvalue weighted by Gasteiger charge is 2.33. The van der Waals surface area contributed by atoms with E-state index in [0.717, 1.165) is 10.2 Å². The first-order valence-corrected chi connectivity index (χ1v) is 9.43. The number of rotatable bonds is 4. The number of fused-ring (bicyclic) bond motifs is 1. The number of halogens is 2. The average molecular weight is 434 g/mol. The second-order valence-corrected chi connectivity index (χ2v) is 7.70. The Morgan fingerprint density at radius 2 is 2.00 bits per heavy atom. The van der Waals surface area contributed by atoms with E-state index in [9.17, 15) is 14.0 Å². The standard InChI is InChI=1S/C20H17BrFNO4/c21-14-1-3-16(4-2-14)26-10-12-8-23(9-12)20(25)17-6-13-5-15(24)11-27-19(13)7-18(17)22/h1-4,6-7,12H,5,8-11H2. The van der Waals surface area contributed by atoms with Crippen LogP contribution in [0.4, 0.5) is 4.39 Å². The summed E-state index contributed by atoms with van der Waals surface area (Å²) in [4.78, 5) is 25.7. The van der Waals surface area contributed by atoms with Crippen molar-refractivity contribution in [1.82, 2.24) is 4.90 Å². The molecule has 5 nitrogen and oxygen atoms in total. The molecule has 0 unspecified atom stereocenters. The van der Waals surface area contributed by atoms with Crippen molar-refractivity contribution in [2.45, 2.75) is 6.42 Å². The minimum Gasteiger partial charge on any atom is -0.493 e. The van der Waals surface area contributed by atoms with Gasteiger partial charge in [-0.1, -0.05) is 15.9 Å². The van der Waals surface area contributed by atoms with E-state index in [1.54, 1.807) is 4.90 Å². The summed E-state index contributed by atoms with van der Waals surface area (Å²) in [6.07, 6.45) is 0.166. The molecule has 0 spiro atoms. The first-order chi connectivity index (χ1) is 13.0. The van der Waals surface area contributed by atoms with Gasteiger partial charge in [0.25, 0.3) is 5.91 Å². The van der Waals surface area contributed by atoms with Crippen molar-refractivity contribution in [3.05, 3.63) is 57.8 Å². The highest BCUT2D eigenvalue weighted by Crippen LogP contribution is 2.29. The van der Waals surface area contributed by atoms with Crippen LogP contribution in [0.25, 0.3) is 0 Å². The predicted molar refractivity (Wildman–Crippen MR) is 99.6 cm³/mol. The number of hydrogen-bond donors (Lipinski definition) is 0. The molecule has 2 aliphatic heterocycles. The zero-order valence-electron chi connectivity index (χ0n) is 14.4. The van der Waals surface area contributed by atoms with Crippen molar-refractivity contribution in [3.63, 3.8) is 0 Å². The monoisotopic (exact) mass is 433 g/mol. The fraction of sp³-hybridized carbons (Fsp3) is 0.300. The zero-order chi connectivity index (χ0) is 19.0. The number of ether oxygens (including phenoxy) is 2. The van der Waals surface area contributed by atoms with Gasteiger partial charge in [-0.25, -0.2) is 4.39 Å². The number of amides is 1. The molecule has 1 fully saturated rings. The quantitative estimate of drug-likeness (QED) is 0.742. The minimum absolute atomic E-state index is 0.0145. The van der Waals surface area contributed by atoms with Crippen LogP contribution in [0.1, 0.15) is 15.9 Å². The molecule has 7 heteroatoms. The lowest BCUT2D eigenvalue weighted by molar-refractivity contribution is -0.121. The first kappa shape index (κ1) is 18.0. The Morgan fingerprint density at radius 1 is 1.26 bits per heavy atom. The second-order valence-electron chi connectivity index (χ2n) is 6.78. The fourth-order valence-corrected chi connectivity index (χ4v) is 3.48. The van der Waals surface area contributed by atoms with E-state index >= 15 is 0 Å². The van der Waals surface area contributed by atoms with E-state index in [4.69, 9.17) is 9.47 Å². The van der Waals surface area contributed by atoms with Crippen molar-refractivity contribution in [1.29, 1.82) is 0 Å². The molecular formula is C20H17BrFNO4. The van der Waals surface area contributed by atoms with Crippen LogP contribution in [0.3, 0.4) is 0 Å². The molecule has 140 valence electrons. The Morgan fingerprint density at radius 3 is 2.74 bits per heavy atom. The molecule has 2 aliphatic rings. The van der Waals surface area contributed by atoms with E-state index in [1.165, 1.54) is 12.1 Å². The molecule has 27 heavy (non-hydrogen) atoms. The molecule has 0 aromatic heterocycles. The van der Waals surface area contributed by atoms with Gasteiger partial charge in [-0.3, -0.25) is 9.59 Å². The molecule has 4 rings (SSSR count). The molecule has 1 amide bonds. The molecule has 0 N–H and O–H groups in total. The number of carbonyl (C=O) groups excluding carboxylic acids is 2. The molecular weight excluding hydrogens is 417 g/mol. The highest BCUT2D eigenvalue weighted by molar-refractivity contribution is 9.10. The molecule has 2 aromatic carbocycles. The summed E-state index contributed by atoms with van der Waals surface area (Å²) in [5, 5.41) is 0. The Hall–Kier alpha value is -2.41. The SMILES string of the molecule is O=C1COc2cc(F)c(C(=O)N3CC(COc4ccc(Br)cc4)C3)cc2C1. The number of benzene rings is 2. The van der Waals surface area contributed by atoms with Crippen molar-refractivity contribution in [2.24, 2.45) is 5.92 Å². The van der Waals surface area contributed by atoms with Gasteiger partial charge in [0.2, 0.25) is 0 Å². The van der Waals surface area contributed by atoms with Gasteiger partial charge >= 0.3 is 0 Å². The number of hydrogen-bond acceptors (Lipinski definition) is 4. The lowest BCUT2D eigenvalue weighted by Crippen LogP contribution is -2.52. The van der Waals surface area contributed by atoms with Crippen molar-refractivity contribution >= 4 is 27.6 Å². The van der Waals surface area contributed by atoms with Gasteiger partial charge in [0.05, 0.1) is 12.2 Å². The lowest BCUT2D eigenvalue weighted by atomic mass is 9.97. The summed E-state index contributed by atoms with van der Waals surface area (Å²) in [6.45, 7) is 1.48. The van der Waals surface area contributed by atoms with Crippen LogP contribution in [0.5, 0.6) is 11.5 Å².